The van der Waals surface area contributed by atoms with Crippen LogP contribution in [-0.4, -0.2) is 10.8 Å². The van der Waals surface area contributed by atoms with Gasteiger partial charge in [-0.2, -0.15) is 5.26 Å². The van der Waals surface area contributed by atoms with Gasteiger partial charge >= 0.3 is 0 Å². The Balaban J connectivity index is 2.55. The molecule has 1 aromatic carbocycles. The Morgan fingerprint density at radius 3 is 2.84 bits per heavy atom. The number of nitrogens with zero attached hydrogens (tertiary/aromatic N) is 2. The lowest BCUT2D eigenvalue weighted by Gasteiger charge is -2.12. The van der Waals surface area contributed by atoms with E-state index in [-0.39, 0.29) is 18.1 Å². The predicted molar refractivity (Wildman–Crippen MR) is 74.8 cm³/mol. The molecule has 0 fully saturated rings. The van der Waals surface area contributed by atoms with Crippen molar-refractivity contribution in [2.24, 2.45) is 5.92 Å². The van der Waals surface area contributed by atoms with E-state index >= 15 is 0 Å². The van der Waals surface area contributed by atoms with Crippen molar-refractivity contribution in [3.63, 3.8) is 0 Å². The van der Waals surface area contributed by atoms with Gasteiger partial charge in [-0.15, -0.1) is 0 Å². The molecule has 2 rings (SSSR count). The summed E-state index contributed by atoms with van der Waals surface area (Å²) in [5.41, 5.74) is 2.34. The number of Topliss-reactive ketones (excluding diaryl/α,β-unsaturated/α-hetero) is 1. The standard InChI is InChI=1S/C16H16N2O/c1-3-12(8-9-17)16(19)14-10-11(2)18-15-7-5-4-6-13(14)15/h4-7,10,12H,3,8H2,1-2H3. The zero-order valence-electron chi connectivity index (χ0n) is 11.2. The van der Waals surface area contributed by atoms with Crippen LogP contribution in [0.4, 0.5) is 0 Å². The molecule has 0 aliphatic heterocycles. The van der Waals surface area contributed by atoms with Crippen molar-refractivity contribution in [3.05, 3.63) is 41.6 Å². The lowest BCUT2D eigenvalue weighted by molar-refractivity contribution is 0.0920. The minimum atomic E-state index is -0.227. The Morgan fingerprint density at radius 1 is 1.42 bits per heavy atom. The monoisotopic (exact) mass is 252 g/mol. The maximum atomic E-state index is 12.6. The second kappa shape index (κ2) is 5.62. The molecule has 1 atom stereocenters. The van der Waals surface area contributed by atoms with Crippen LogP contribution in [0.2, 0.25) is 0 Å². The summed E-state index contributed by atoms with van der Waals surface area (Å²) in [6.45, 7) is 3.82. The maximum absolute atomic E-state index is 12.6. The quantitative estimate of drug-likeness (QED) is 0.780. The van der Waals surface area contributed by atoms with Crippen molar-refractivity contribution in [1.29, 1.82) is 5.26 Å². The van der Waals surface area contributed by atoms with Gasteiger partial charge in [0, 0.05) is 29.0 Å². The van der Waals surface area contributed by atoms with Crippen LogP contribution in [0.5, 0.6) is 0 Å². The number of benzene rings is 1. The normalized spacial score (nSPS) is 12.1. The zero-order valence-corrected chi connectivity index (χ0v) is 11.2. The third-order valence-corrected chi connectivity index (χ3v) is 3.31. The van der Waals surface area contributed by atoms with Crippen LogP contribution in [-0.2, 0) is 0 Å². The van der Waals surface area contributed by atoms with Gasteiger partial charge in [0.1, 0.15) is 0 Å². The van der Waals surface area contributed by atoms with E-state index < -0.39 is 0 Å². The van der Waals surface area contributed by atoms with Crippen LogP contribution in [0.1, 0.15) is 35.8 Å². The molecular formula is C16H16N2O. The molecule has 1 heterocycles. The number of carbonyl (C=O) groups excluding carboxylic acids is 1. The fraction of sp³-hybridized carbons (Fsp3) is 0.312. The summed E-state index contributed by atoms with van der Waals surface area (Å²) in [4.78, 5) is 17.0. The molecule has 0 saturated heterocycles. The maximum Gasteiger partial charge on any atom is 0.167 e. The summed E-state index contributed by atoms with van der Waals surface area (Å²) in [5.74, 6) is -0.180. The minimum absolute atomic E-state index is 0.0470. The Morgan fingerprint density at radius 2 is 2.16 bits per heavy atom. The Hall–Kier alpha value is -2.21. The molecule has 0 N–H and O–H groups in total. The highest BCUT2D eigenvalue weighted by Gasteiger charge is 2.20. The molecule has 1 aromatic heterocycles. The van der Waals surface area contributed by atoms with Gasteiger partial charge in [-0.25, -0.2) is 0 Å². The van der Waals surface area contributed by atoms with Gasteiger partial charge in [0.15, 0.2) is 5.78 Å². The van der Waals surface area contributed by atoms with Gasteiger partial charge in [-0.3, -0.25) is 9.78 Å². The van der Waals surface area contributed by atoms with Gasteiger partial charge in [-0.05, 0) is 25.5 Å². The van der Waals surface area contributed by atoms with Crippen LogP contribution < -0.4 is 0 Å². The molecule has 3 nitrogen and oxygen atoms in total. The number of ketones is 1. The fourth-order valence-electron chi connectivity index (χ4n) is 2.26. The van der Waals surface area contributed by atoms with Crippen LogP contribution in [0.3, 0.4) is 0 Å². The van der Waals surface area contributed by atoms with E-state index in [0.717, 1.165) is 16.6 Å². The number of carbonyl (C=O) groups is 1. The van der Waals surface area contributed by atoms with Gasteiger partial charge < -0.3 is 0 Å². The van der Waals surface area contributed by atoms with Gasteiger partial charge in [0.2, 0.25) is 0 Å². The molecule has 96 valence electrons. The fourth-order valence-corrected chi connectivity index (χ4v) is 2.26. The molecule has 2 aromatic rings. The molecule has 0 radical (unpaired) electrons. The first-order chi connectivity index (χ1) is 9.17. The molecule has 0 saturated carbocycles. The molecular weight excluding hydrogens is 236 g/mol. The number of hydrogen-bond donors (Lipinski definition) is 0. The summed E-state index contributed by atoms with van der Waals surface area (Å²) >= 11 is 0. The van der Waals surface area contributed by atoms with E-state index in [4.69, 9.17) is 5.26 Å². The molecule has 0 aliphatic carbocycles. The number of pyridine rings is 1. The molecule has 19 heavy (non-hydrogen) atoms. The van der Waals surface area contributed by atoms with Crippen LogP contribution in [0.15, 0.2) is 30.3 Å². The summed E-state index contributed by atoms with van der Waals surface area (Å²) < 4.78 is 0. The van der Waals surface area contributed by atoms with Crippen molar-refractivity contribution >= 4 is 16.7 Å². The highest BCUT2D eigenvalue weighted by molar-refractivity contribution is 6.08. The number of aryl methyl sites for hydroxylation is 1. The van der Waals surface area contributed by atoms with Crippen LogP contribution >= 0.6 is 0 Å². The third-order valence-electron chi connectivity index (χ3n) is 3.31. The number of rotatable bonds is 4. The minimum Gasteiger partial charge on any atom is -0.294 e. The SMILES string of the molecule is CCC(CC#N)C(=O)c1cc(C)nc2ccccc12. The zero-order chi connectivity index (χ0) is 13.8. The van der Waals surface area contributed by atoms with Crippen LogP contribution in [0, 0.1) is 24.2 Å². The molecule has 0 aliphatic rings. The van der Waals surface area contributed by atoms with E-state index in [1.165, 1.54) is 0 Å². The summed E-state index contributed by atoms with van der Waals surface area (Å²) in [5, 5.41) is 9.69. The van der Waals surface area contributed by atoms with E-state index in [1.54, 1.807) is 0 Å². The number of aromatic nitrogens is 1. The number of fused-ring (bicyclic) bond motifs is 1. The lowest BCUT2D eigenvalue weighted by atomic mass is 9.91. The first-order valence-electron chi connectivity index (χ1n) is 6.45. The second-order valence-corrected chi connectivity index (χ2v) is 4.66. The van der Waals surface area contributed by atoms with Gasteiger partial charge in [-0.1, -0.05) is 25.1 Å². The highest BCUT2D eigenvalue weighted by Crippen LogP contribution is 2.23. The van der Waals surface area contributed by atoms with Crippen molar-refractivity contribution in [2.45, 2.75) is 26.7 Å². The average Bonchev–Trinajstić information content (AvgIpc) is 2.43. The van der Waals surface area contributed by atoms with Crippen molar-refractivity contribution < 1.29 is 4.79 Å². The Labute approximate surface area is 112 Å². The third kappa shape index (κ3) is 2.63. The first-order valence-corrected chi connectivity index (χ1v) is 6.45. The Kier molecular flexibility index (Phi) is 3.91. The largest absolute Gasteiger partial charge is 0.294 e. The smallest absolute Gasteiger partial charge is 0.167 e. The summed E-state index contributed by atoms with van der Waals surface area (Å²) in [7, 11) is 0. The summed E-state index contributed by atoms with van der Waals surface area (Å²) in [6, 6.07) is 11.6. The second-order valence-electron chi connectivity index (χ2n) is 4.66. The number of para-hydroxylation sites is 1. The number of hydrogen-bond acceptors (Lipinski definition) is 3. The van der Waals surface area contributed by atoms with Gasteiger partial charge in [0.05, 0.1) is 11.6 Å². The van der Waals surface area contributed by atoms with E-state index in [0.29, 0.717) is 12.0 Å². The van der Waals surface area contributed by atoms with Crippen molar-refractivity contribution in [1.82, 2.24) is 4.98 Å². The van der Waals surface area contributed by atoms with E-state index in [2.05, 4.69) is 11.1 Å². The van der Waals surface area contributed by atoms with E-state index in [1.807, 2.05) is 44.2 Å². The predicted octanol–water partition coefficient (Wildman–Crippen LogP) is 3.67. The lowest BCUT2D eigenvalue weighted by Crippen LogP contribution is -2.14. The first kappa shape index (κ1) is 13.2. The molecule has 0 bridgehead atoms. The molecule has 0 spiro atoms. The topological polar surface area (TPSA) is 53.8 Å². The van der Waals surface area contributed by atoms with Gasteiger partial charge in [0.25, 0.3) is 0 Å². The van der Waals surface area contributed by atoms with E-state index in [9.17, 15) is 4.79 Å². The highest BCUT2D eigenvalue weighted by atomic mass is 16.1. The van der Waals surface area contributed by atoms with Crippen molar-refractivity contribution in [2.75, 3.05) is 0 Å². The van der Waals surface area contributed by atoms with Crippen LogP contribution in [0.25, 0.3) is 10.9 Å². The summed E-state index contributed by atoms with van der Waals surface area (Å²) in [6.07, 6.45) is 0.952. The number of nitriles is 1. The molecule has 3 heteroatoms. The average molecular weight is 252 g/mol. The Bertz CT molecular complexity index is 655. The molecule has 1 unspecified atom stereocenters. The molecule has 0 amide bonds. The van der Waals surface area contributed by atoms with Crippen molar-refractivity contribution in [3.8, 4) is 6.07 Å².